The van der Waals surface area contributed by atoms with E-state index in [-0.39, 0.29) is 10.9 Å². The van der Waals surface area contributed by atoms with Gasteiger partial charge in [0.2, 0.25) is 10.0 Å². The Balaban J connectivity index is 2.03. The molecule has 0 aromatic carbocycles. The summed E-state index contributed by atoms with van der Waals surface area (Å²) in [5, 5.41) is 9.76. The summed E-state index contributed by atoms with van der Waals surface area (Å²) in [5.74, 6) is 0. The fourth-order valence-electron chi connectivity index (χ4n) is 1.97. The van der Waals surface area contributed by atoms with Crippen molar-refractivity contribution in [2.75, 3.05) is 26.3 Å². The normalized spacial score (nSPS) is 21.1. The van der Waals surface area contributed by atoms with Crippen molar-refractivity contribution in [1.29, 1.82) is 0 Å². The van der Waals surface area contributed by atoms with Crippen molar-refractivity contribution in [2.24, 2.45) is 0 Å². The first-order valence-corrected chi connectivity index (χ1v) is 7.31. The maximum absolute atomic E-state index is 12.1. The molecule has 1 unspecified atom stereocenters. The van der Waals surface area contributed by atoms with E-state index < -0.39 is 10.0 Å². The average Bonchev–Trinajstić information content (AvgIpc) is 2.69. The van der Waals surface area contributed by atoms with Crippen LogP contribution in [0, 0.1) is 13.8 Å². The van der Waals surface area contributed by atoms with E-state index in [4.69, 9.17) is 4.74 Å². The molecule has 3 N–H and O–H groups in total. The third-order valence-corrected chi connectivity index (χ3v) is 4.53. The van der Waals surface area contributed by atoms with E-state index in [9.17, 15) is 8.42 Å². The highest BCUT2D eigenvalue weighted by atomic mass is 32.2. The average molecular weight is 274 g/mol. The molecule has 102 valence electrons. The number of aromatic nitrogens is 2. The molecule has 7 nitrogen and oxygen atoms in total. The van der Waals surface area contributed by atoms with Crippen LogP contribution in [0.25, 0.3) is 0 Å². The Morgan fingerprint density at radius 1 is 1.50 bits per heavy atom. The summed E-state index contributed by atoms with van der Waals surface area (Å²) in [6.45, 7) is 5.61. The number of hydrogen-bond acceptors (Lipinski definition) is 5. The molecule has 0 aliphatic carbocycles. The van der Waals surface area contributed by atoms with Crippen molar-refractivity contribution in [3.63, 3.8) is 0 Å². The van der Waals surface area contributed by atoms with Gasteiger partial charge in [0.1, 0.15) is 4.90 Å². The molecule has 1 saturated heterocycles. The third kappa shape index (κ3) is 2.89. The molecule has 1 aliphatic rings. The maximum atomic E-state index is 12.1. The van der Waals surface area contributed by atoms with Gasteiger partial charge in [-0.05, 0) is 13.8 Å². The van der Waals surface area contributed by atoms with Crippen LogP contribution in [0.1, 0.15) is 11.4 Å². The van der Waals surface area contributed by atoms with Crippen molar-refractivity contribution in [2.45, 2.75) is 24.8 Å². The first-order chi connectivity index (χ1) is 8.50. The summed E-state index contributed by atoms with van der Waals surface area (Å²) in [6, 6.07) is 0.0149. The van der Waals surface area contributed by atoms with Gasteiger partial charge in [-0.15, -0.1) is 0 Å². The SMILES string of the molecule is Cc1n[nH]c(C)c1S(=O)(=O)NCC1COCCN1. The number of hydrogen-bond donors (Lipinski definition) is 3. The molecule has 1 atom stereocenters. The maximum Gasteiger partial charge on any atom is 0.244 e. The van der Waals surface area contributed by atoms with Crippen LogP contribution >= 0.6 is 0 Å². The first-order valence-electron chi connectivity index (χ1n) is 5.83. The van der Waals surface area contributed by atoms with Crippen LogP contribution in [0.4, 0.5) is 0 Å². The highest BCUT2D eigenvalue weighted by Gasteiger charge is 2.23. The second kappa shape index (κ2) is 5.35. The van der Waals surface area contributed by atoms with E-state index in [1.807, 2.05) is 0 Å². The molecule has 1 aromatic heterocycles. The highest BCUT2D eigenvalue weighted by Crippen LogP contribution is 2.16. The van der Waals surface area contributed by atoms with Gasteiger partial charge in [-0.25, -0.2) is 13.1 Å². The Hall–Kier alpha value is -0.960. The van der Waals surface area contributed by atoms with Crippen LogP contribution < -0.4 is 10.0 Å². The quantitative estimate of drug-likeness (QED) is 0.674. The van der Waals surface area contributed by atoms with Crippen LogP contribution in [0.3, 0.4) is 0 Å². The molecule has 0 saturated carbocycles. The van der Waals surface area contributed by atoms with Crippen molar-refractivity contribution in [1.82, 2.24) is 20.2 Å². The van der Waals surface area contributed by atoms with E-state index in [0.717, 1.165) is 6.54 Å². The van der Waals surface area contributed by atoms with E-state index >= 15 is 0 Å². The number of ether oxygens (including phenoxy) is 1. The fourth-order valence-corrected chi connectivity index (χ4v) is 3.42. The van der Waals surface area contributed by atoms with Crippen LogP contribution in [0.2, 0.25) is 0 Å². The molecule has 0 amide bonds. The lowest BCUT2D eigenvalue weighted by Gasteiger charge is -2.23. The standard InChI is InChI=1S/C10H18N4O3S/c1-7-10(8(2)14-13-7)18(15,16)12-5-9-6-17-4-3-11-9/h9,11-12H,3-6H2,1-2H3,(H,13,14). The van der Waals surface area contributed by atoms with Gasteiger partial charge < -0.3 is 10.1 Å². The predicted molar refractivity (Wildman–Crippen MR) is 65.9 cm³/mol. The number of aryl methyl sites for hydroxylation is 2. The lowest BCUT2D eigenvalue weighted by atomic mass is 10.3. The zero-order valence-corrected chi connectivity index (χ0v) is 11.3. The predicted octanol–water partition coefficient (Wildman–Crippen LogP) is -0.707. The number of sulfonamides is 1. The van der Waals surface area contributed by atoms with Crippen molar-refractivity contribution < 1.29 is 13.2 Å². The zero-order valence-electron chi connectivity index (χ0n) is 10.5. The number of rotatable bonds is 4. The summed E-state index contributed by atoms with van der Waals surface area (Å²) < 4.78 is 32.1. The Kier molecular flexibility index (Phi) is 4.00. The lowest BCUT2D eigenvalue weighted by molar-refractivity contribution is 0.0784. The fraction of sp³-hybridized carbons (Fsp3) is 0.700. The van der Waals surface area contributed by atoms with Crippen LogP contribution in [0.15, 0.2) is 4.90 Å². The monoisotopic (exact) mass is 274 g/mol. The summed E-state index contributed by atoms with van der Waals surface area (Å²) in [4.78, 5) is 0.235. The highest BCUT2D eigenvalue weighted by molar-refractivity contribution is 7.89. The van der Waals surface area contributed by atoms with Gasteiger partial charge in [0.25, 0.3) is 0 Å². The lowest BCUT2D eigenvalue weighted by Crippen LogP contribution is -2.48. The third-order valence-electron chi connectivity index (χ3n) is 2.85. The molecule has 0 spiro atoms. The topological polar surface area (TPSA) is 96.1 Å². The van der Waals surface area contributed by atoms with Crippen molar-refractivity contribution >= 4 is 10.0 Å². The van der Waals surface area contributed by atoms with E-state index in [2.05, 4.69) is 20.2 Å². The molecule has 2 rings (SSSR count). The van der Waals surface area contributed by atoms with Gasteiger partial charge in [-0.2, -0.15) is 5.10 Å². The summed E-state index contributed by atoms with van der Waals surface area (Å²) >= 11 is 0. The minimum absolute atomic E-state index is 0.0149. The molecule has 2 heterocycles. The van der Waals surface area contributed by atoms with Gasteiger partial charge in [0.15, 0.2) is 0 Å². The molecule has 0 radical (unpaired) electrons. The largest absolute Gasteiger partial charge is 0.378 e. The van der Waals surface area contributed by atoms with Gasteiger partial charge in [-0.3, -0.25) is 5.10 Å². The van der Waals surface area contributed by atoms with Crippen molar-refractivity contribution in [3.05, 3.63) is 11.4 Å². The van der Waals surface area contributed by atoms with E-state index in [1.54, 1.807) is 13.8 Å². The van der Waals surface area contributed by atoms with Crippen LogP contribution in [0.5, 0.6) is 0 Å². The number of aromatic amines is 1. The molecule has 18 heavy (non-hydrogen) atoms. The van der Waals surface area contributed by atoms with Gasteiger partial charge in [-0.1, -0.05) is 0 Å². The van der Waals surface area contributed by atoms with E-state index in [0.29, 0.717) is 31.1 Å². The number of morpholine rings is 1. The minimum atomic E-state index is -3.52. The van der Waals surface area contributed by atoms with Gasteiger partial charge in [0, 0.05) is 19.1 Å². The Labute approximate surface area is 106 Å². The molecule has 1 aromatic rings. The molecule has 8 heteroatoms. The first kappa shape index (κ1) is 13.5. The molecule has 1 fully saturated rings. The van der Waals surface area contributed by atoms with Crippen LogP contribution in [-0.4, -0.2) is 51.0 Å². The Morgan fingerprint density at radius 2 is 2.28 bits per heavy atom. The molecular formula is C10H18N4O3S. The van der Waals surface area contributed by atoms with Gasteiger partial charge >= 0.3 is 0 Å². The van der Waals surface area contributed by atoms with Crippen molar-refractivity contribution in [3.8, 4) is 0 Å². The summed E-state index contributed by atoms with van der Waals surface area (Å²) in [7, 11) is -3.52. The second-order valence-electron chi connectivity index (χ2n) is 4.34. The molecule has 1 aliphatic heterocycles. The van der Waals surface area contributed by atoms with Crippen LogP contribution in [-0.2, 0) is 14.8 Å². The number of H-pyrrole nitrogens is 1. The number of nitrogens with zero attached hydrogens (tertiary/aromatic N) is 1. The minimum Gasteiger partial charge on any atom is -0.378 e. The van der Waals surface area contributed by atoms with Gasteiger partial charge in [0.05, 0.1) is 24.6 Å². The second-order valence-corrected chi connectivity index (χ2v) is 6.04. The summed E-state index contributed by atoms with van der Waals surface area (Å²) in [5.41, 5.74) is 1.03. The molecule has 0 bridgehead atoms. The smallest absolute Gasteiger partial charge is 0.244 e. The Bertz CT molecular complexity index is 486. The number of nitrogens with one attached hydrogen (secondary N) is 3. The molecular weight excluding hydrogens is 256 g/mol. The zero-order chi connectivity index (χ0) is 13.2. The van der Waals surface area contributed by atoms with E-state index in [1.165, 1.54) is 0 Å². The summed E-state index contributed by atoms with van der Waals surface area (Å²) in [6.07, 6.45) is 0. The Morgan fingerprint density at radius 3 is 2.83 bits per heavy atom.